The number of carbonyl (C=O) groups is 2. The Morgan fingerprint density at radius 3 is 2.33 bits per heavy atom. The molecule has 2 atom stereocenters. The van der Waals surface area contributed by atoms with Crippen LogP contribution in [0.4, 0.5) is 13.2 Å². The summed E-state index contributed by atoms with van der Waals surface area (Å²) in [5, 5.41) is 11.5. The molecule has 1 aromatic rings. The molecule has 2 unspecified atom stereocenters. The van der Waals surface area contributed by atoms with Gasteiger partial charge in [-0.3, -0.25) is 9.59 Å². The monoisotopic (exact) mass is 301 g/mol. The first-order chi connectivity index (χ1) is 9.88. The summed E-state index contributed by atoms with van der Waals surface area (Å²) in [5.41, 5.74) is -0.330. The van der Waals surface area contributed by atoms with Crippen LogP contribution in [-0.4, -0.2) is 23.0 Å². The molecule has 1 amide bonds. The highest BCUT2D eigenvalue weighted by molar-refractivity contribution is 5.94. The lowest BCUT2D eigenvalue weighted by Gasteiger charge is -2.27. The van der Waals surface area contributed by atoms with E-state index in [2.05, 4.69) is 5.32 Å². The van der Waals surface area contributed by atoms with Crippen LogP contribution < -0.4 is 5.32 Å². The maximum Gasteiger partial charge on any atom is 0.306 e. The summed E-state index contributed by atoms with van der Waals surface area (Å²) in [6.07, 6.45) is 2.06. The molecule has 7 heteroatoms. The lowest BCUT2D eigenvalue weighted by molar-refractivity contribution is -0.143. The summed E-state index contributed by atoms with van der Waals surface area (Å²) >= 11 is 0. The SMILES string of the molecule is O=C(NC1CCCC(C(=O)O)C1)c1cc(F)c(F)c(F)c1. The number of hydrogen-bond acceptors (Lipinski definition) is 2. The molecule has 0 bridgehead atoms. The first-order valence-electron chi connectivity index (χ1n) is 6.56. The van der Waals surface area contributed by atoms with E-state index < -0.39 is 35.2 Å². The Balaban J connectivity index is 2.06. The molecule has 0 radical (unpaired) electrons. The Labute approximate surface area is 119 Å². The Hall–Kier alpha value is -2.05. The lowest BCUT2D eigenvalue weighted by Crippen LogP contribution is -2.40. The Morgan fingerprint density at radius 1 is 1.14 bits per heavy atom. The fraction of sp³-hybridized carbons (Fsp3) is 0.429. The van der Waals surface area contributed by atoms with Gasteiger partial charge in [0.1, 0.15) is 0 Å². The summed E-state index contributed by atoms with van der Waals surface area (Å²) in [6, 6.07) is 0.861. The predicted molar refractivity (Wildman–Crippen MR) is 67.2 cm³/mol. The van der Waals surface area contributed by atoms with Crippen molar-refractivity contribution in [2.24, 2.45) is 5.92 Å². The summed E-state index contributed by atoms with van der Waals surface area (Å²) < 4.78 is 39.0. The molecule has 4 nitrogen and oxygen atoms in total. The van der Waals surface area contributed by atoms with Gasteiger partial charge >= 0.3 is 5.97 Å². The molecule has 1 aromatic carbocycles. The molecule has 114 valence electrons. The highest BCUT2D eigenvalue weighted by Gasteiger charge is 2.28. The van der Waals surface area contributed by atoms with Crippen molar-refractivity contribution < 1.29 is 27.9 Å². The van der Waals surface area contributed by atoms with E-state index in [1.165, 1.54) is 0 Å². The molecule has 21 heavy (non-hydrogen) atoms. The minimum Gasteiger partial charge on any atom is -0.481 e. The maximum absolute atomic E-state index is 13.1. The van der Waals surface area contributed by atoms with Gasteiger partial charge < -0.3 is 10.4 Å². The minimum atomic E-state index is -1.63. The number of amides is 1. The van der Waals surface area contributed by atoms with Crippen molar-refractivity contribution in [1.29, 1.82) is 0 Å². The molecular weight excluding hydrogens is 287 g/mol. The highest BCUT2D eigenvalue weighted by atomic mass is 19.2. The molecule has 2 rings (SSSR count). The van der Waals surface area contributed by atoms with E-state index >= 15 is 0 Å². The standard InChI is InChI=1S/C14H14F3NO3/c15-10-5-8(6-11(16)12(10)17)13(19)18-9-3-1-2-7(4-9)14(20)21/h5-7,9H,1-4H2,(H,18,19)(H,20,21). The summed E-state index contributed by atoms with van der Waals surface area (Å²) in [7, 11) is 0. The average Bonchev–Trinajstić information content (AvgIpc) is 2.44. The van der Waals surface area contributed by atoms with Gasteiger partial charge in [-0.15, -0.1) is 0 Å². The number of hydrogen-bond donors (Lipinski definition) is 2. The molecule has 1 aliphatic carbocycles. The van der Waals surface area contributed by atoms with Gasteiger partial charge in [-0.05, 0) is 31.4 Å². The van der Waals surface area contributed by atoms with Crippen molar-refractivity contribution in [2.45, 2.75) is 31.7 Å². The van der Waals surface area contributed by atoms with E-state index in [1.807, 2.05) is 0 Å². The third kappa shape index (κ3) is 3.53. The van der Waals surface area contributed by atoms with Crippen molar-refractivity contribution in [1.82, 2.24) is 5.32 Å². The maximum atomic E-state index is 13.1. The van der Waals surface area contributed by atoms with E-state index in [0.29, 0.717) is 31.4 Å². The number of rotatable bonds is 3. The first kappa shape index (κ1) is 15.3. The second-order valence-electron chi connectivity index (χ2n) is 5.13. The van der Waals surface area contributed by atoms with Gasteiger partial charge in [0.25, 0.3) is 5.91 Å². The number of carboxylic acids is 1. The molecule has 0 aromatic heterocycles. The van der Waals surface area contributed by atoms with Crippen LogP contribution >= 0.6 is 0 Å². The van der Waals surface area contributed by atoms with Crippen LogP contribution in [0.25, 0.3) is 0 Å². The van der Waals surface area contributed by atoms with Gasteiger partial charge in [-0.1, -0.05) is 6.42 Å². The zero-order valence-corrected chi connectivity index (χ0v) is 11.0. The van der Waals surface area contributed by atoms with Gasteiger partial charge in [0.2, 0.25) is 0 Å². The highest BCUT2D eigenvalue weighted by Crippen LogP contribution is 2.25. The van der Waals surface area contributed by atoms with E-state index in [4.69, 9.17) is 5.11 Å². The Kier molecular flexibility index (Phi) is 4.50. The van der Waals surface area contributed by atoms with Crippen molar-refractivity contribution in [3.8, 4) is 0 Å². The second-order valence-corrected chi connectivity index (χ2v) is 5.13. The molecular formula is C14H14F3NO3. The number of carbonyl (C=O) groups excluding carboxylic acids is 1. The van der Waals surface area contributed by atoms with Crippen molar-refractivity contribution in [3.05, 3.63) is 35.1 Å². The second kappa shape index (κ2) is 6.15. The normalized spacial score (nSPS) is 21.9. The zero-order valence-electron chi connectivity index (χ0n) is 11.0. The minimum absolute atomic E-state index is 0.271. The van der Waals surface area contributed by atoms with Crippen LogP contribution in [0.3, 0.4) is 0 Å². The van der Waals surface area contributed by atoms with Crippen molar-refractivity contribution >= 4 is 11.9 Å². The zero-order chi connectivity index (χ0) is 15.6. The molecule has 0 heterocycles. The van der Waals surface area contributed by atoms with Crippen LogP contribution in [0.15, 0.2) is 12.1 Å². The molecule has 0 aliphatic heterocycles. The number of benzene rings is 1. The van der Waals surface area contributed by atoms with Crippen LogP contribution in [0.1, 0.15) is 36.0 Å². The molecule has 1 fully saturated rings. The topological polar surface area (TPSA) is 66.4 Å². The summed E-state index contributed by atoms with van der Waals surface area (Å²) in [6.45, 7) is 0. The number of nitrogens with one attached hydrogen (secondary N) is 1. The van der Waals surface area contributed by atoms with Crippen LogP contribution in [0, 0.1) is 23.4 Å². The Bertz CT molecular complexity index is 554. The van der Waals surface area contributed by atoms with Gasteiger partial charge in [-0.25, -0.2) is 13.2 Å². The number of aliphatic carboxylic acids is 1. The van der Waals surface area contributed by atoms with Gasteiger partial charge in [0.15, 0.2) is 17.5 Å². The molecule has 0 spiro atoms. The molecule has 2 N–H and O–H groups in total. The van der Waals surface area contributed by atoms with Gasteiger partial charge in [0.05, 0.1) is 5.92 Å². The quantitative estimate of drug-likeness (QED) is 0.843. The average molecular weight is 301 g/mol. The van der Waals surface area contributed by atoms with Crippen LogP contribution in [-0.2, 0) is 4.79 Å². The van der Waals surface area contributed by atoms with E-state index in [1.54, 1.807) is 0 Å². The fourth-order valence-corrected chi connectivity index (χ4v) is 2.50. The van der Waals surface area contributed by atoms with Gasteiger partial charge in [0, 0.05) is 11.6 Å². The van der Waals surface area contributed by atoms with Crippen molar-refractivity contribution in [2.75, 3.05) is 0 Å². The summed E-state index contributed by atoms with van der Waals surface area (Å²) in [4.78, 5) is 22.8. The van der Waals surface area contributed by atoms with Crippen LogP contribution in [0.2, 0.25) is 0 Å². The Morgan fingerprint density at radius 2 is 1.76 bits per heavy atom. The largest absolute Gasteiger partial charge is 0.481 e. The van der Waals surface area contributed by atoms with Crippen molar-refractivity contribution in [3.63, 3.8) is 0 Å². The van der Waals surface area contributed by atoms with Gasteiger partial charge in [-0.2, -0.15) is 0 Å². The summed E-state index contributed by atoms with van der Waals surface area (Å²) in [5.74, 6) is -6.71. The molecule has 0 saturated heterocycles. The predicted octanol–water partition coefficient (Wildman–Crippen LogP) is 2.48. The first-order valence-corrected chi connectivity index (χ1v) is 6.56. The third-order valence-corrected chi connectivity index (χ3v) is 3.60. The number of carboxylic acid groups (broad SMARTS) is 1. The van der Waals surface area contributed by atoms with E-state index in [9.17, 15) is 22.8 Å². The number of halogens is 3. The van der Waals surface area contributed by atoms with E-state index in [-0.39, 0.29) is 18.0 Å². The van der Waals surface area contributed by atoms with E-state index in [0.717, 1.165) is 0 Å². The van der Waals surface area contributed by atoms with Crippen LogP contribution in [0.5, 0.6) is 0 Å². The third-order valence-electron chi connectivity index (χ3n) is 3.60. The lowest BCUT2D eigenvalue weighted by atomic mass is 9.85. The smallest absolute Gasteiger partial charge is 0.306 e. The molecule has 1 aliphatic rings. The molecule has 1 saturated carbocycles. The fourth-order valence-electron chi connectivity index (χ4n) is 2.50.